The molecule has 2 nitrogen and oxygen atoms in total. The van der Waals surface area contributed by atoms with Crippen molar-refractivity contribution >= 4 is 19.3 Å². The molecule has 0 aromatic heterocycles. The van der Waals surface area contributed by atoms with Crippen LogP contribution in [0.2, 0.25) is 0 Å². The van der Waals surface area contributed by atoms with E-state index in [0.717, 1.165) is 5.56 Å². The van der Waals surface area contributed by atoms with Gasteiger partial charge < -0.3 is 5.11 Å². The third-order valence-electron chi connectivity index (χ3n) is 1.78. The van der Waals surface area contributed by atoms with Crippen LogP contribution in [0.4, 0.5) is 0 Å². The molecule has 0 aliphatic heterocycles. The lowest BCUT2D eigenvalue weighted by atomic mass is 9.91. The summed E-state index contributed by atoms with van der Waals surface area (Å²) in [6, 6.07) is 6.93. The maximum Gasteiger partial charge on any atom is 0.310 e. The molecule has 1 rings (SSSR count). The first-order chi connectivity index (χ1) is 5.61. The summed E-state index contributed by atoms with van der Waals surface area (Å²) >= 11 is 0. The molecular formula is C9H9BO2. The lowest BCUT2D eigenvalue weighted by molar-refractivity contribution is -0.138. The van der Waals surface area contributed by atoms with Gasteiger partial charge >= 0.3 is 5.97 Å². The number of benzene rings is 1. The van der Waals surface area contributed by atoms with Gasteiger partial charge in [0.05, 0.1) is 5.92 Å². The van der Waals surface area contributed by atoms with Crippen LogP contribution in [0.5, 0.6) is 0 Å². The van der Waals surface area contributed by atoms with Crippen LogP contribution in [0.25, 0.3) is 0 Å². The number of carbonyl (C=O) groups is 1. The minimum absolute atomic E-state index is 0.492. The van der Waals surface area contributed by atoms with E-state index in [1.54, 1.807) is 31.2 Å². The zero-order chi connectivity index (χ0) is 9.14. The zero-order valence-electron chi connectivity index (χ0n) is 6.82. The highest BCUT2D eigenvalue weighted by molar-refractivity contribution is 6.32. The largest absolute Gasteiger partial charge is 0.481 e. The van der Waals surface area contributed by atoms with Gasteiger partial charge in [0.15, 0.2) is 0 Å². The molecule has 1 atom stereocenters. The standard InChI is InChI=1S/C9H9BO2/c1-6(9(11)12)7-3-2-4-8(10)5-7/h2-6H,1H3,(H,11,12). The van der Waals surface area contributed by atoms with E-state index in [-0.39, 0.29) is 0 Å². The number of carboxylic acid groups (broad SMARTS) is 1. The Balaban J connectivity index is 2.95. The van der Waals surface area contributed by atoms with Crippen LogP contribution in [-0.4, -0.2) is 18.9 Å². The second-order valence-corrected chi connectivity index (χ2v) is 2.73. The average Bonchev–Trinajstić information content (AvgIpc) is 2.03. The molecule has 1 aromatic rings. The van der Waals surface area contributed by atoms with Gasteiger partial charge in [0.2, 0.25) is 0 Å². The lowest BCUT2D eigenvalue weighted by Gasteiger charge is -2.06. The van der Waals surface area contributed by atoms with Gasteiger partial charge in [-0.15, -0.1) is 0 Å². The fourth-order valence-electron chi connectivity index (χ4n) is 0.971. The highest BCUT2D eigenvalue weighted by atomic mass is 16.4. The van der Waals surface area contributed by atoms with Crippen molar-refractivity contribution in [3.8, 4) is 0 Å². The lowest BCUT2D eigenvalue weighted by Crippen LogP contribution is -2.10. The van der Waals surface area contributed by atoms with Crippen molar-refractivity contribution in [2.24, 2.45) is 0 Å². The molecule has 12 heavy (non-hydrogen) atoms. The van der Waals surface area contributed by atoms with Gasteiger partial charge in [-0.05, 0) is 12.5 Å². The zero-order valence-corrected chi connectivity index (χ0v) is 6.82. The first-order valence-corrected chi connectivity index (χ1v) is 3.69. The molecule has 1 unspecified atom stereocenters. The van der Waals surface area contributed by atoms with Crippen molar-refractivity contribution in [3.63, 3.8) is 0 Å². The summed E-state index contributed by atoms with van der Waals surface area (Å²) in [5.74, 6) is -1.32. The molecule has 0 saturated carbocycles. The fraction of sp³-hybridized carbons (Fsp3) is 0.222. The molecule has 2 radical (unpaired) electrons. The van der Waals surface area contributed by atoms with E-state index in [1.165, 1.54) is 0 Å². The molecule has 0 aliphatic carbocycles. The number of hydrogen-bond acceptors (Lipinski definition) is 1. The molecule has 3 heteroatoms. The van der Waals surface area contributed by atoms with Crippen molar-refractivity contribution in [1.29, 1.82) is 0 Å². The molecule has 0 amide bonds. The van der Waals surface area contributed by atoms with Crippen LogP contribution < -0.4 is 5.46 Å². The Morgan fingerprint density at radius 1 is 1.58 bits per heavy atom. The van der Waals surface area contributed by atoms with E-state index in [2.05, 4.69) is 0 Å². The second kappa shape index (κ2) is 3.43. The van der Waals surface area contributed by atoms with E-state index in [4.69, 9.17) is 13.0 Å². The average molecular weight is 160 g/mol. The van der Waals surface area contributed by atoms with Crippen LogP contribution in [-0.2, 0) is 4.79 Å². The Labute approximate surface area is 72.6 Å². The van der Waals surface area contributed by atoms with Crippen LogP contribution in [0.1, 0.15) is 18.4 Å². The van der Waals surface area contributed by atoms with Gasteiger partial charge in [-0.25, -0.2) is 0 Å². The summed E-state index contributed by atoms with van der Waals surface area (Å²) in [5, 5.41) is 8.69. The van der Waals surface area contributed by atoms with Gasteiger partial charge in [-0.2, -0.15) is 0 Å². The maximum absolute atomic E-state index is 10.6. The van der Waals surface area contributed by atoms with E-state index in [1.807, 2.05) is 0 Å². The monoisotopic (exact) mass is 160 g/mol. The van der Waals surface area contributed by atoms with Crippen LogP contribution in [0.3, 0.4) is 0 Å². The van der Waals surface area contributed by atoms with E-state index >= 15 is 0 Å². The van der Waals surface area contributed by atoms with Gasteiger partial charge in [0, 0.05) is 0 Å². The van der Waals surface area contributed by atoms with Gasteiger partial charge in [-0.1, -0.05) is 29.7 Å². The molecule has 1 N–H and O–H groups in total. The highest BCUT2D eigenvalue weighted by Gasteiger charge is 2.12. The molecule has 0 heterocycles. The van der Waals surface area contributed by atoms with E-state index in [0.29, 0.717) is 5.46 Å². The Hall–Kier alpha value is -1.25. The summed E-state index contributed by atoms with van der Waals surface area (Å²) in [6.45, 7) is 1.64. The number of rotatable bonds is 2. The third-order valence-corrected chi connectivity index (χ3v) is 1.78. The predicted molar refractivity (Wildman–Crippen MR) is 47.9 cm³/mol. The van der Waals surface area contributed by atoms with Gasteiger partial charge in [0.1, 0.15) is 7.85 Å². The van der Waals surface area contributed by atoms with Gasteiger partial charge in [0.25, 0.3) is 0 Å². The summed E-state index contributed by atoms with van der Waals surface area (Å²) in [4.78, 5) is 10.6. The van der Waals surface area contributed by atoms with E-state index in [9.17, 15) is 4.79 Å². The molecule has 0 spiro atoms. The summed E-state index contributed by atoms with van der Waals surface area (Å²) in [6.07, 6.45) is 0. The molecular weight excluding hydrogens is 151 g/mol. The summed E-state index contributed by atoms with van der Waals surface area (Å²) in [7, 11) is 5.50. The van der Waals surface area contributed by atoms with Crippen molar-refractivity contribution in [3.05, 3.63) is 29.8 Å². The minimum Gasteiger partial charge on any atom is -0.481 e. The van der Waals surface area contributed by atoms with Crippen molar-refractivity contribution in [1.82, 2.24) is 0 Å². The first kappa shape index (κ1) is 8.85. The Kier molecular flexibility index (Phi) is 2.53. The number of hydrogen-bond donors (Lipinski definition) is 1. The molecule has 0 fully saturated rings. The van der Waals surface area contributed by atoms with Crippen molar-refractivity contribution in [2.45, 2.75) is 12.8 Å². The van der Waals surface area contributed by atoms with Crippen LogP contribution >= 0.6 is 0 Å². The predicted octanol–water partition coefficient (Wildman–Crippen LogP) is 0.669. The van der Waals surface area contributed by atoms with E-state index < -0.39 is 11.9 Å². The number of carboxylic acids is 1. The Morgan fingerprint density at radius 3 is 2.75 bits per heavy atom. The number of aliphatic carboxylic acids is 1. The topological polar surface area (TPSA) is 37.3 Å². The molecule has 0 aliphatic rings. The van der Waals surface area contributed by atoms with Crippen LogP contribution in [0, 0.1) is 0 Å². The van der Waals surface area contributed by atoms with Crippen molar-refractivity contribution < 1.29 is 9.90 Å². The quantitative estimate of drug-likeness (QED) is 0.645. The normalized spacial score (nSPS) is 12.4. The van der Waals surface area contributed by atoms with Gasteiger partial charge in [-0.3, -0.25) is 4.79 Å². The molecule has 60 valence electrons. The molecule has 0 saturated heterocycles. The first-order valence-electron chi connectivity index (χ1n) is 3.69. The fourth-order valence-corrected chi connectivity index (χ4v) is 0.971. The van der Waals surface area contributed by atoms with Crippen LogP contribution in [0.15, 0.2) is 24.3 Å². The second-order valence-electron chi connectivity index (χ2n) is 2.73. The molecule has 1 aromatic carbocycles. The minimum atomic E-state index is -0.833. The van der Waals surface area contributed by atoms with Crippen molar-refractivity contribution in [2.75, 3.05) is 0 Å². The smallest absolute Gasteiger partial charge is 0.310 e. The highest BCUT2D eigenvalue weighted by Crippen LogP contribution is 2.12. The maximum atomic E-state index is 10.6. The summed E-state index contributed by atoms with van der Waals surface area (Å²) < 4.78 is 0. The Morgan fingerprint density at radius 2 is 2.25 bits per heavy atom. The Bertz CT molecular complexity index is 296. The third kappa shape index (κ3) is 1.88. The SMILES string of the molecule is [B]c1cccc(C(C)C(=O)O)c1. The molecule has 0 bridgehead atoms. The summed E-state index contributed by atoms with van der Waals surface area (Å²) in [5.41, 5.74) is 1.34.